The van der Waals surface area contributed by atoms with Gasteiger partial charge in [-0.25, -0.2) is 4.98 Å². The van der Waals surface area contributed by atoms with Gasteiger partial charge in [0, 0.05) is 13.1 Å². The monoisotopic (exact) mass is 387 g/mol. The van der Waals surface area contributed by atoms with Gasteiger partial charge in [0.15, 0.2) is 5.16 Å². The molecule has 136 valence electrons. The van der Waals surface area contributed by atoms with Gasteiger partial charge in [-0.1, -0.05) is 23.9 Å². The summed E-state index contributed by atoms with van der Waals surface area (Å²) < 4.78 is 2.25. The Balaban J connectivity index is 2.04. The standard InChI is InChI=1S/C19H21N3O2S2/c1-4-21(5-2)16(23)12-26-19-20-15-9-10-25-17(15)18(24)22(19)14-8-6-7-13(3)11-14/h6-11H,4-5,12H2,1-3H3. The lowest BCUT2D eigenvalue weighted by Gasteiger charge is -2.18. The first-order chi connectivity index (χ1) is 12.5. The van der Waals surface area contributed by atoms with E-state index in [4.69, 9.17) is 0 Å². The van der Waals surface area contributed by atoms with Crippen LogP contribution in [0, 0.1) is 6.92 Å². The fraction of sp³-hybridized carbons (Fsp3) is 0.316. The van der Waals surface area contributed by atoms with E-state index in [1.165, 1.54) is 23.1 Å². The van der Waals surface area contributed by atoms with Crippen molar-refractivity contribution in [1.29, 1.82) is 0 Å². The minimum Gasteiger partial charge on any atom is -0.343 e. The van der Waals surface area contributed by atoms with E-state index in [2.05, 4.69) is 4.98 Å². The van der Waals surface area contributed by atoms with Crippen LogP contribution in [0.15, 0.2) is 45.7 Å². The molecule has 2 heterocycles. The number of aromatic nitrogens is 2. The molecule has 1 amide bonds. The molecule has 5 nitrogen and oxygen atoms in total. The predicted octanol–water partition coefficient (Wildman–Crippen LogP) is 3.72. The Kier molecular flexibility index (Phi) is 5.78. The van der Waals surface area contributed by atoms with Crippen molar-refractivity contribution in [1.82, 2.24) is 14.5 Å². The number of carbonyl (C=O) groups excluding carboxylic acids is 1. The highest BCUT2D eigenvalue weighted by Gasteiger charge is 2.17. The van der Waals surface area contributed by atoms with Gasteiger partial charge in [-0.2, -0.15) is 0 Å². The zero-order valence-electron chi connectivity index (χ0n) is 15.1. The number of thioether (sulfide) groups is 1. The highest BCUT2D eigenvalue weighted by Crippen LogP contribution is 2.24. The van der Waals surface area contributed by atoms with Crippen molar-refractivity contribution >= 4 is 39.2 Å². The van der Waals surface area contributed by atoms with Crippen LogP contribution in [0.5, 0.6) is 0 Å². The topological polar surface area (TPSA) is 55.2 Å². The van der Waals surface area contributed by atoms with Crippen molar-refractivity contribution in [2.75, 3.05) is 18.8 Å². The van der Waals surface area contributed by atoms with Crippen LogP contribution in [0.1, 0.15) is 19.4 Å². The number of nitrogens with zero attached hydrogens (tertiary/aromatic N) is 3. The molecule has 0 aliphatic carbocycles. The van der Waals surface area contributed by atoms with Gasteiger partial charge in [-0.15, -0.1) is 11.3 Å². The van der Waals surface area contributed by atoms with Crippen LogP contribution in [0.25, 0.3) is 15.9 Å². The average molecular weight is 388 g/mol. The Morgan fingerprint density at radius 1 is 1.27 bits per heavy atom. The summed E-state index contributed by atoms with van der Waals surface area (Å²) in [6.07, 6.45) is 0. The molecule has 0 radical (unpaired) electrons. The fourth-order valence-corrected chi connectivity index (χ4v) is 4.45. The average Bonchev–Trinajstić information content (AvgIpc) is 3.10. The van der Waals surface area contributed by atoms with Crippen LogP contribution in [0.2, 0.25) is 0 Å². The normalized spacial score (nSPS) is 11.0. The maximum Gasteiger partial charge on any atom is 0.276 e. The smallest absolute Gasteiger partial charge is 0.276 e. The molecule has 0 atom stereocenters. The minimum absolute atomic E-state index is 0.0513. The van der Waals surface area contributed by atoms with E-state index in [9.17, 15) is 9.59 Å². The first-order valence-electron chi connectivity index (χ1n) is 8.53. The van der Waals surface area contributed by atoms with Gasteiger partial charge in [0.25, 0.3) is 5.56 Å². The molecule has 0 bridgehead atoms. The summed E-state index contributed by atoms with van der Waals surface area (Å²) in [6.45, 7) is 7.27. The summed E-state index contributed by atoms with van der Waals surface area (Å²) in [7, 11) is 0. The third kappa shape index (κ3) is 3.68. The molecule has 0 aliphatic rings. The Bertz CT molecular complexity index is 990. The summed E-state index contributed by atoms with van der Waals surface area (Å²) in [6, 6.07) is 9.61. The second kappa shape index (κ2) is 8.05. The van der Waals surface area contributed by atoms with E-state index in [-0.39, 0.29) is 17.2 Å². The van der Waals surface area contributed by atoms with Crippen molar-refractivity contribution in [3.63, 3.8) is 0 Å². The number of benzene rings is 1. The number of carbonyl (C=O) groups is 1. The molecule has 0 N–H and O–H groups in total. The van der Waals surface area contributed by atoms with Gasteiger partial charge in [-0.3, -0.25) is 14.2 Å². The molecular weight excluding hydrogens is 366 g/mol. The number of amides is 1. The lowest BCUT2D eigenvalue weighted by atomic mass is 10.2. The molecule has 2 aromatic heterocycles. The number of aryl methyl sites for hydroxylation is 1. The zero-order chi connectivity index (χ0) is 18.7. The quantitative estimate of drug-likeness (QED) is 0.478. The highest BCUT2D eigenvalue weighted by molar-refractivity contribution is 7.99. The van der Waals surface area contributed by atoms with E-state index in [0.29, 0.717) is 28.5 Å². The van der Waals surface area contributed by atoms with Gasteiger partial charge in [0.1, 0.15) is 4.70 Å². The summed E-state index contributed by atoms with van der Waals surface area (Å²) in [5.41, 5.74) is 2.43. The molecule has 0 saturated carbocycles. The van der Waals surface area contributed by atoms with E-state index >= 15 is 0 Å². The number of fused-ring (bicyclic) bond motifs is 1. The van der Waals surface area contributed by atoms with Crippen LogP contribution >= 0.6 is 23.1 Å². The van der Waals surface area contributed by atoms with Crippen molar-refractivity contribution in [2.24, 2.45) is 0 Å². The van der Waals surface area contributed by atoms with Crippen molar-refractivity contribution in [3.05, 3.63) is 51.6 Å². The van der Waals surface area contributed by atoms with Crippen LogP contribution in [0.4, 0.5) is 0 Å². The Morgan fingerprint density at radius 2 is 2.04 bits per heavy atom. The molecule has 0 saturated heterocycles. The summed E-state index contributed by atoms with van der Waals surface area (Å²) in [5.74, 6) is 0.311. The van der Waals surface area contributed by atoms with Gasteiger partial charge in [0.05, 0.1) is 17.0 Å². The predicted molar refractivity (Wildman–Crippen MR) is 109 cm³/mol. The minimum atomic E-state index is -0.0895. The maximum atomic E-state index is 13.0. The lowest BCUT2D eigenvalue weighted by Crippen LogP contribution is -2.32. The number of hydrogen-bond acceptors (Lipinski definition) is 5. The van der Waals surface area contributed by atoms with Gasteiger partial charge in [-0.05, 0) is 49.9 Å². The molecule has 26 heavy (non-hydrogen) atoms. The molecule has 0 aliphatic heterocycles. The van der Waals surface area contributed by atoms with Crippen molar-refractivity contribution in [2.45, 2.75) is 25.9 Å². The fourth-order valence-electron chi connectivity index (χ4n) is 2.78. The van der Waals surface area contributed by atoms with E-state index in [1.54, 1.807) is 9.47 Å². The van der Waals surface area contributed by atoms with Crippen LogP contribution in [-0.2, 0) is 4.79 Å². The molecule has 3 aromatic rings. The van der Waals surface area contributed by atoms with E-state index < -0.39 is 0 Å². The van der Waals surface area contributed by atoms with Gasteiger partial charge < -0.3 is 4.90 Å². The Hall–Kier alpha value is -2.12. The molecule has 1 aromatic carbocycles. The second-order valence-electron chi connectivity index (χ2n) is 5.86. The number of rotatable bonds is 6. The Morgan fingerprint density at radius 3 is 2.73 bits per heavy atom. The lowest BCUT2D eigenvalue weighted by molar-refractivity contribution is -0.127. The summed E-state index contributed by atoms with van der Waals surface area (Å²) in [4.78, 5) is 31.8. The zero-order valence-corrected chi connectivity index (χ0v) is 16.7. The molecule has 0 unspecified atom stereocenters. The van der Waals surface area contributed by atoms with Gasteiger partial charge in [0.2, 0.25) is 5.91 Å². The molecule has 7 heteroatoms. The van der Waals surface area contributed by atoms with Crippen LogP contribution in [-0.4, -0.2) is 39.2 Å². The Labute approximate surface area is 160 Å². The van der Waals surface area contributed by atoms with E-state index in [0.717, 1.165) is 11.3 Å². The van der Waals surface area contributed by atoms with E-state index in [1.807, 2.05) is 56.5 Å². The van der Waals surface area contributed by atoms with Crippen LogP contribution < -0.4 is 5.56 Å². The van der Waals surface area contributed by atoms with Crippen molar-refractivity contribution in [3.8, 4) is 5.69 Å². The van der Waals surface area contributed by atoms with Gasteiger partial charge >= 0.3 is 0 Å². The largest absolute Gasteiger partial charge is 0.343 e. The molecular formula is C19H21N3O2S2. The second-order valence-corrected chi connectivity index (χ2v) is 7.72. The first-order valence-corrected chi connectivity index (χ1v) is 10.4. The third-order valence-corrected chi connectivity index (χ3v) is 5.96. The van der Waals surface area contributed by atoms with Crippen LogP contribution in [0.3, 0.4) is 0 Å². The molecule has 3 rings (SSSR count). The summed E-state index contributed by atoms with van der Waals surface area (Å²) >= 11 is 2.70. The highest BCUT2D eigenvalue weighted by atomic mass is 32.2. The van der Waals surface area contributed by atoms with Crippen molar-refractivity contribution < 1.29 is 4.79 Å². The first kappa shape index (κ1) is 18.7. The summed E-state index contributed by atoms with van der Waals surface area (Å²) in [5, 5.41) is 2.42. The molecule has 0 spiro atoms. The SMILES string of the molecule is CCN(CC)C(=O)CSc1nc2ccsc2c(=O)n1-c1cccc(C)c1. The number of thiophene rings is 1. The maximum absolute atomic E-state index is 13.0. The molecule has 0 fully saturated rings. The third-order valence-electron chi connectivity index (χ3n) is 4.15. The number of hydrogen-bond donors (Lipinski definition) is 0.